The zero-order valence-corrected chi connectivity index (χ0v) is 17.5. The molecular weight excluding hydrogens is 406 g/mol. The van der Waals surface area contributed by atoms with Crippen molar-refractivity contribution in [3.05, 3.63) is 74.9 Å². The molecule has 5 nitrogen and oxygen atoms in total. The number of carbonyl (C=O) groups excluding carboxylic acids is 1. The average molecular weight is 428 g/mol. The standard InChI is InChI=1S/C22H22ClN3O2S/c23-17-7-5-16(6-8-17)22(11-1-2-12-22)21(28)24-13-14-26-20(27)10-9-18(25-26)19-4-3-15-29-19/h3-10,15H,1-2,11-14H2,(H,24,28). The van der Waals surface area contributed by atoms with E-state index in [4.69, 9.17) is 11.6 Å². The minimum Gasteiger partial charge on any atom is -0.353 e. The Balaban J connectivity index is 1.46. The summed E-state index contributed by atoms with van der Waals surface area (Å²) in [6.45, 7) is 0.690. The number of rotatable bonds is 6. The first kappa shape index (κ1) is 19.9. The second-order valence-electron chi connectivity index (χ2n) is 7.31. The molecule has 1 N–H and O–H groups in total. The Bertz CT molecular complexity index is 1040. The number of amides is 1. The minimum absolute atomic E-state index is 0.0137. The van der Waals surface area contributed by atoms with Crippen molar-refractivity contribution in [1.82, 2.24) is 15.1 Å². The highest BCUT2D eigenvalue weighted by Crippen LogP contribution is 2.41. The third-order valence-electron chi connectivity index (χ3n) is 5.54. The van der Waals surface area contributed by atoms with Crippen LogP contribution in [0, 0.1) is 0 Å². The van der Waals surface area contributed by atoms with E-state index >= 15 is 0 Å². The maximum atomic E-state index is 13.1. The lowest BCUT2D eigenvalue weighted by atomic mass is 9.78. The smallest absolute Gasteiger partial charge is 0.266 e. The van der Waals surface area contributed by atoms with E-state index in [0.29, 0.717) is 18.1 Å². The van der Waals surface area contributed by atoms with Crippen LogP contribution in [0.5, 0.6) is 0 Å². The molecule has 2 heterocycles. The number of benzene rings is 1. The largest absolute Gasteiger partial charge is 0.353 e. The minimum atomic E-state index is -0.512. The van der Waals surface area contributed by atoms with Crippen LogP contribution >= 0.6 is 22.9 Å². The van der Waals surface area contributed by atoms with Crippen LogP contribution in [-0.4, -0.2) is 22.2 Å². The molecule has 150 valence electrons. The maximum Gasteiger partial charge on any atom is 0.266 e. The lowest BCUT2D eigenvalue weighted by molar-refractivity contribution is -0.126. The molecule has 7 heteroatoms. The Morgan fingerprint density at radius 3 is 2.59 bits per heavy atom. The van der Waals surface area contributed by atoms with Gasteiger partial charge < -0.3 is 5.32 Å². The van der Waals surface area contributed by atoms with Crippen LogP contribution in [0.1, 0.15) is 31.2 Å². The van der Waals surface area contributed by atoms with Crippen molar-refractivity contribution >= 4 is 28.8 Å². The van der Waals surface area contributed by atoms with Gasteiger partial charge in [0, 0.05) is 17.6 Å². The first-order valence-electron chi connectivity index (χ1n) is 9.75. The van der Waals surface area contributed by atoms with Gasteiger partial charge >= 0.3 is 0 Å². The van der Waals surface area contributed by atoms with Gasteiger partial charge in [0.2, 0.25) is 5.91 Å². The molecule has 0 spiro atoms. The fraction of sp³-hybridized carbons (Fsp3) is 0.318. The summed E-state index contributed by atoms with van der Waals surface area (Å²) in [5, 5.41) is 10.1. The molecule has 0 aliphatic heterocycles. The molecule has 29 heavy (non-hydrogen) atoms. The molecule has 0 bridgehead atoms. The predicted octanol–water partition coefficient (Wildman–Crippen LogP) is 4.25. The van der Waals surface area contributed by atoms with Gasteiger partial charge in [-0.15, -0.1) is 11.3 Å². The van der Waals surface area contributed by atoms with E-state index in [2.05, 4.69) is 10.4 Å². The topological polar surface area (TPSA) is 64.0 Å². The summed E-state index contributed by atoms with van der Waals surface area (Å²) in [5.74, 6) is 0.0137. The van der Waals surface area contributed by atoms with E-state index in [1.54, 1.807) is 17.4 Å². The van der Waals surface area contributed by atoms with Crippen LogP contribution in [0.4, 0.5) is 0 Å². The molecule has 1 aliphatic rings. The lowest BCUT2D eigenvalue weighted by Gasteiger charge is -2.28. The van der Waals surface area contributed by atoms with Crippen LogP contribution in [0.15, 0.2) is 58.7 Å². The molecule has 1 aliphatic carbocycles. The van der Waals surface area contributed by atoms with Gasteiger partial charge in [0.05, 0.1) is 16.8 Å². The van der Waals surface area contributed by atoms with E-state index in [1.807, 2.05) is 41.8 Å². The molecule has 0 saturated heterocycles. The van der Waals surface area contributed by atoms with Crippen molar-refractivity contribution in [1.29, 1.82) is 0 Å². The van der Waals surface area contributed by atoms with Crippen LogP contribution in [-0.2, 0) is 16.8 Å². The van der Waals surface area contributed by atoms with E-state index in [1.165, 1.54) is 10.7 Å². The number of carbonyl (C=O) groups is 1. The normalized spacial score (nSPS) is 15.3. The first-order valence-corrected chi connectivity index (χ1v) is 11.0. The average Bonchev–Trinajstić information content (AvgIpc) is 3.43. The third-order valence-corrected chi connectivity index (χ3v) is 6.68. The summed E-state index contributed by atoms with van der Waals surface area (Å²) >= 11 is 7.60. The highest BCUT2D eigenvalue weighted by atomic mass is 35.5. The first-order chi connectivity index (χ1) is 14.1. The molecule has 4 rings (SSSR count). The van der Waals surface area contributed by atoms with Crippen molar-refractivity contribution in [2.45, 2.75) is 37.6 Å². The summed E-state index contributed by atoms with van der Waals surface area (Å²) in [6, 6.07) is 14.8. The molecule has 1 amide bonds. The van der Waals surface area contributed by atoms with Gasteiger partial charge in [-0.3, -0.25) is 9.59 Å². The molecule has 1 aromatic carbocycles. The summed E-state index contributed by atoms with van der Waals surface area (Å²) in [7, 11) is 0. The van der Waals surface area contributed by atoms with Gasteiger partial charge in [-0.05, 0) is 48.1 Å². The maximum absolute atomic E-state index is 13.1. The zero-order valence-electron chi connectivity index (χ0n) is 15.9. The van der Waals surface area contributed by atoms with Crippen molar-refractivity contribution in [3.8, 4) is 10.6 Å². The molecule has 2 aromatic heterocycles. The predicted molar refractivity (Wildman–Crippen MR) is 116 cm³/mol. The number of nitrogens with zero attached hydrogens (tertiary/aromatic N) is 2. The molecule has 1 saturated carbocycles. The van der Waals surface area contributed by atoms with Crippen molar-refractivity contribution in [2.75, 3.05) is 6.54 Å². The second kappa shape index (κ2) is 8.51. The van der Waals surface area contributed by atoms with Gasteiger partial charge in [-0.1, -0.05) is 42.6 Å². The third kappa shape index (κ3) is 4.14. The van der Waals surface area contributed by atoms with Gasteiger partial charge in [0.1, 0.15) is 5.69 Å². The van der Waals surface area contributed by atoms with Gasteiger partial charge in [0.15, 0.2) is 0 Å². The Hall–Kier alpha value is -2.44. The molecule has 0 atom stereocenters. The van der Waals surface area contributed by atoms with Crippen molar-refractivity contribution in [3.63, 3.8) is 0 Å². The number of halogens is 1. The Morgan fingerprint density at radius 1 is 1.14 bits per heavy atom. The summed E-state index contributed by atoms with van der Waals surface area (Å²) < 4.78 is 1.42. The second-order valence-corrected chi connectivity index (χ2v) is 8.69. The van der Waals surface area contributed by atoms with Crippen LogP contribution in [0.25, 0.3) is 10.6 Å². The molecule has 3 aromatic rings. The highest BCUT2D eigenvalue weighted by molar-refractivity contribution is 7.13. The fourth-order valence-corrected chi connectivity index (χ4v) is 4.82. The van der Waals surface area contributed by atoms with E-state index in [9.17, 15) is 9.59 Å². The number of thiophene rings is 1. The lowest BCUT2D eigenvalue weighted by Crippen LogP contribution is -2.44. The Kier molecular flexibility index (Phi) is 5.83. The summed E-state index contributed by atoms with van der Waals surface area (Å²) in [5.41, 5.74) is 1.08. The van der Waals surface area contributed by atoms with E-state index in [-0.39, 0.29) is 11.5 Å². The molecule has 1 fully saturated rings. The molecule has 0 unspecified atom stereocenters. The van der Waals surface area contributed by atoms with Gasteiger partial charge in [0.25, 0.3) is 5.56 Å². The molecule has 0 radical (unpaired) electrons. The summed E-state index contributed by atoms with van der Waals surface area (Å²) in [6.07, 6.45) is 3.71. The fourth-order valence-electron chi connectivity index (χ4n) is 4.00. The number of nitrogens with one attached hydrogen (secondary N) is 1. The summed E-state index contributed by atoms with van der Waals surface area (Å²) in [4.78, 5) is 26.3. The quantitative estimate of drug-likeness (QED) is 0.639. The van der Waals surface area contributed by atoms with E-state index in [0.717, 1.165) is 41.8 Å². The van der Waals surface area contributed by atoms with E-state index < -0.39 is 5.41 Å². The Labute approximate surface area is 178 Å². The number of hydrogen-bond acceptors (Lipinski definition) is 4. The van der Waals surface area contributed by atoms with Crippen molar-refractivity contribution < 1.29 is 4.79 Å². The van der Waals surface area contributed by atoms with Gasteiger partial charge in [-0.2, -0.15) is 5.10 Å². The SMILES string of the molecule is O=C(NCCn1nc(-c2cccs2)ccc1=O)C1(c2ccc(Cl)cc2)CCCC1. The Morgan fingerprint density at radius 2 is 1.90 bits per heavy atom. The number of hydrogen-bond donors (Lipinski definition) is 1. The van der Waals surface area contributed by atoms with Crippen LogP contribution in [0.2, 0.25) is 5.02 Å². The zero-order chi connectivity index (χ0) is 20.3. The monoisotopic (exact) mass is 427 g/mol. The van der Waals surface area contributed by atoms with Crippen LogP contribution < -0.4 is 10.9 Å². The van der Waals surface area contributed by atoms with Crippen LogP contribution in [0.3, 0.4) is 0 Å². The van der Waals surface area contributed by atoms with Crippen molar-refractivity contribution in [2.24, 2.45) is 0 Å². The van der Waals surface area contributed by atoms with Gasteiger partial charge in [-0.25, -0.2) is 4.68 Å². The molecular formula is C22H22ClN3O2S. The number of aromatic nitrogens is 2. The highest BCUT2D eigenvalue weighted by Gasteiger charge is 2.42.